The van der Waals surface area contributed by atoms with Gasteiger partial charge in [-0.1, -0.05) is 6.08 Å². The summed E-state index contributed by atoms with van der Waals surface area (Å²) in [7, 11) is 0. The number of hydrogen-bond donors (Lipinski definition) is 0. The van der Waals surface area contributed by atoms with Gasteiger partial charge >= 0.3 is 6.18 Å². The van der Waals surface area contributed by atoms with Crippen molar-refractivity contribution in [3.05, 3.63) is 47.0 Å². The first-order valence-electron chi connectivity index (χ1n) is 6.00. The molecule has 0 radical (unpaired) electrons. The van der Waals surface area contributed by atoms with E-state index in [1.165, 1.54) is 0 Å². The molecule has 0 bridgehead atoms. The first-order chi connectivity index (χ1) is 8.99. The molecular formula is C14H13F3O2. The Bertz CT molecular complexity index is 493. The third-order valence-corrected chi connectivity index (χ3v) is 2.98. The van der Waals surface area contributed by atoms with E-state index in [4.69, 9.17) is 4.74 Å². The van der Waals surface area contributed by atoms with Crippen molar-refractivity contribution in [2.75, 3.05) is 0 Å². The summed E-state index contributed by atoms with van der Waals surface area (Å²) in [6.45, 7) is 0. The molecule has 0 saturated heterocycles. The Morgan fingerprint density at radius 3 is 2.53 bits per heavy atom. The summed E-state index contributed by atoms with van der Waals surface area (Å²) < 4.78 is 43.2. The summed E-state index contributed by atoms with van der Waals surface area (Å²) in [5.41, 5.74) is 0.0991. The van der Waals surface area contributed by atoms with Crippen LogP contribution in [0, 0.1) is 0 Å². The summed E-state index contributed by atoms with van der Waals surface area (Å²) in [5, 5.41) is 0. The van der Waals surface area contributed by atoms with Crippen molar-refractivity contribution in [2.24, 2.45) is 0 Å². The van der Waals surface area contributed by atoms with Crippen LogP contribution >= 0.6 is 0 Å². The molecule has 0 aromatic carbocycles. The number of alkyl halides is 3. The van der Waals surface area contributed by atoms with Crippen molar-refractivity contribution >= 4 is 6.29 Å². The number of carbonyl (C=O) groups is 1. The summed E-state index contributed by atoms with van der Waals surface area (Å²) >= 11 is 0. The average Bonchev–Trinajstić information content (AvgIpc) is 2.39. The predicted molar refractivity (Wildman–Crippen MR) is 64.0 cm³/mol. The Hall–Kier alpha value is -1.78. The highest BCUT2D eigenvalue weighted by Crippen LogP contribution is 2.34. The number of ether oxygens (including phenoxy) is 1. The molecule has 0 aliphatic heterocycles. The minimum absolute atomic E-state index is 0.00933. The van der Waals surface area contributed by atoms with Gasteiger partial charge in [-0.25, -0.2) is 0 Å². The molecular weight excluding hydrogens is 257 g/mol. The van der Waals surface area contributed by atoms with E-state index in [1.54, 1.807) is 18.2 Å². The van der Waals surface area contributed by atoms with E-state index in [1.807, 2.05) is 0 Å². The van der Waals surface area contributed by atoms with E-state index in [-0.39, 0.29) is 12.2 Å². The van der Waals surface area contributed by atoms with Crippen molar-refractivity contribution < 1.29 is 22.7 Å². The first kappa shape index (κ1) is 13.6. The van der Waals surface area contributed by atoms with E-state index in [0.717, 1.165) is 12.4 Å². The Morgan fingerprint density at radius 2 is 1.95 bits per heavy atom. The molecule has 0 aromatic rings. The molecule has 0 atom stereocenters. The van der Waals surface area contributed by atoms with Crippen LogP contribution in [-0.4, -0.2) is 12.5 Å². The smallest absolute Gasteiger partial charge is 0.412 e. The topological polar surface area (TPSA) is 26.3 Å². The van der Waals surface area contributed by atoms with E-state index in [9.17, 15) is 18.0 Å². The third-order valence-electron chi connectivity index (χ3n) is 2.98. The standard InChI is InChI=1S/C14H13F3O2/c15-14(16,17)11-2-1-3-13(8-11)19-12-6-4-10(9-18)5-7-12/h3-4,6,8-9H,1-2,5,7H2. The van der Waals surface area contributed by atoms with Crippen molar-refractivity contribution in [1.29, 1.82) is 0 Å². The first-order valence-corrected chi connectivity index (χ1v) is 6.00. The number of carbonyl (C=O) groups excluding carboxylic acids is 1. The maximum Gasteiger partial charge on any atom is 0.412 e. The van der Waals surface area contributed by atoms with Gasteiger partial charge in [-0.15, -0.1) is 0 Å². The Balaban J connectivity index is 2.07. The minimum atomic E-state index is -4.30. The molecule has 0 N–H and O–H groups in total. The number of rotatable bonds is 3. The fraction of sp³-hybridized carbons (Fsp3) is 0.357. The zero-order valence-electron chi connectivity index (χ0n) is 10.2. The molecule has 0 saturated carbocycles. The Labute approximate surface area is 108 Å². The third kappa shape index (κ3) is 3.59. The highest BCUT2D eigenvalue weighted by molar-refractivity contribution is 5.74. The fourth-order valence-corrected chi connectivity index (χ4v) is 1.94. The van der Waals surface area contributed by atoms with Crippen LogP contribution in [0.3, 0.4) is 0 Å². The second-order valence-electron chi connectivity index (χ2n) is 4.41. The Kier molecular flexibility index (Phi) is 3.93. The van der Waals surface area contributed by atoms with E-state index in [2.05, 4.69) is 0 Å². The lowest BCUT2D eigenvalue weighted by Crippen LogP contribution is -2.14. The lowest BCUT2D eigenvalue weighted by Gasteiger charge is -2.19. The summed E-state index contributed by atoms with van der Waals surface area (Å²) in [6.07, 6.45) is 3.82. The fourth-order valence-electron chi connectivity index (χ4n) is 1.94. The molecule has 2 rings (SSSR count). The molecule has 2 nitrogen and oxygen atoms in total. The van der Waals surface area contributed by atoms with Gasteiger partial charge in [0.1, 0.15) is 17.8 Å². The van der Waals surface area contributed by atoms with E-state index >= 15 is 0 Å². The van der Waals surface area contributed by atoms with Gasteiger partial charge in [0.15, 0.2) is 0 Å². The van der Waals surface area contributed by atoms with Gasteiger partial charge in [0.2, 0.25) is 0 Å². The van der Waals surface area contributed by atoms with Gasteiger partial charge in [-0.2, -0.15) is 13.2 Å². The second-order valence-corrected chi connectivity index (χ2v) is 4.41. The van der Waals surface area contributed by atoms with Gasteiger partial charge in [0.25, 0.3) is 0 Å². The van der Waals surface area contributed by atoms with Gasteiger partial charge in [-0.05, 0) is 43.1 Å². The van der Waals surface area contributed by atoms with Crippen LogP contribution in [0.4, 0.5) is 13.2 Å². The van der Waals surface area contributed by atoms with Gasteiger partial charge in [0.05, 0.1) is 0 Å². The monoisotopic (exact) mass is 270 g/mol. The van der Waals surface area contributed by atoms with E-state index < -0.39 is 11.7 Å². The van der Waals surface area contributed by atoms with Crippen LogP contribution in [0.5, 0.6) is 0 Å². The number of hydrogen-bond acceptors (Lipinski definition) is 2. The van der Waals surface area contributed by atoms with Gasteiger partial charge in [0, 0.05) is 12.0 Å². The quantitative estimate of drug-likeness (QED) is 0.725. The van der Waals surface area contributed by atoms with Crippen LogP contribution in [0.25, 0.3) is 0 Å². The molecule has 0 fully saturated rings. The molecule has 102 valence electrons. The van der Waals surface area contributed by atoms with Crippen LogP contribution in [0.1, 0.15) is 25.7 Å². The SMILES string of the molecule is O=CC1=CC=C(OC2=CCCC(C(F)(F)F)=C2)CC1. The highest BCUT2D eigenvalue weighted by atomic mass is 19.4. The number of aldehydes is 1. The molecule has 0 aromatic heterocycles. The largest absolute Gasteiger partial charge is 0.462 e. The summed E-state index contributed by atoms with van der Waals surface area (Å²) in [4.78, 5) is 10.5. The maximum atomic E-state index is 12.6. The van der Waals surface area contributed by atoms with Gasteiger partial charge < -0.3 is 4.74 Å². The molecule has 2 aliphatic carbocycles. The zero-order chi connectivity index (χ0) is 13.9. The molecule has 0 amide bonds. The van der Waals surface area contributed by atoms with Crippen molar-refractivity contribution in [2.45, 2.75) is 31.9 Å². The second kappa shape index (κ2) is 5.47. The number of allylic oxidation sites excluding steroid dienone is 7. The highest BCUT2D eigenvalue weighted by Gasteiger charge is 2.34. The van der Waals surface area contributed by atoms with Crippen molar-refractivity contribution in [3.8, 4) is 0 Å². The Morgan fingerprint density at radius 1 is 1.16 bits per heavy atom. The average molecular weight is 270 g/mol. The molecule has 2 aliphatic rings. The summed E-state index contributed by atoms with van der Waals surface area (Å²) in [6, 6.07) is 0. The lowest BCUT2D eigenvalue weighted by atomic mass is 10.0. The minimum Gasteiger partial charge on any atom is -0.462 e. The van der Waals surface area contributed by atoms with E-state index in [0.29, 0.717) is 30.6 Å². The van der Waals surface area contributed by atoms with Crippen LogP contribution < -0.4 is 0 Å². The van der Waals surface area contributed by atoms with Crippen LogP contribution in [0.15, 0.2) is 47.0 Å². The number of halogens is 3. The van der Waals surface area contributed by atoms with Crippen LogP contribution in [-0.2, 0) is 9.53 Å². The summed E-state index contributed by atoms with van der Waals surface area (Å²) in [5.74, 6) is 0.810. The molecule has 0 unspecified atom stereocenters. The normalized spacial score (nSPS) is 19.9. The molecule has 0 spiro atoms. The van der Waals surface area contributed by atoms with Crippen molar-refractivity contribution in [1.82, 2.24) is 0 Å². The zero-order valence-corrected chi connectivity index (χ0v) is 10.2. The van der Waals surface area contributed by atoms with Crippen molar-refractivity contribution in [3.63, 3.8) is 0 Å². The predicted octanol–water partition coefficient (Wildman–Crippen LogP) is 3.97. The molecule has 5 heteroatoms. The maximum absolute atomic E-state index is 12.6. The van der Waals surface area contributed by atoms with Crippen LogP contribution in [0.2, 0.25) is 0 Å². The van der Waals surface area contributed by atoms with Gasteiger partial charge in [-0.3, -0.25) is 4.79 Å². The molecule has 0 heterocycles. The lowest BCUT2D eigenvalue weighted by molar-refractivity contribution is -0.105. The molecule has 19 heavy (non-hydrogen) atoms.